The third-order valence-corrected chi connectivity index (χ3v) is 20.1. The van der Waals surface area contributed by atoms with Gasteiger partial charge in [0.25, 0.3) is 0 Å². The molecule has 137 heavy (non-hydrogen) atoms. The molecule has 0 unspecified atom stereocenters. The number of fused-ring (bicyclic) bond motifs is 5. The first-order valence-electron chi connectivity index (χ1n) is 40.2. The Morgan fingerprint density at radius 2 is 0.912 bits per heavy atom. The second-order valence-corrected chi connectivity index (χ2v) is 29.9. The summed E-state index contributed by atoms with van der Waals surface area (Å²) < 4.78 is 211. The van der Waals surface area contributed by atoms with E-state index < -0.39 is 59.7 Å². The van der Waals surface area contributed by atoms with Crippen LogP contribution in [0.4, 0.5) is 123 Å². The average Bonchev–Trinajstić information content (AvgIpc) is 1.61. The SMILES string of the molecule is CCc1nc2ncncc2n1-c1cncc(Nc2ccc(C(F)(F)F)cc2)n1.C[C@H](O)c1nc2ccccc2n1-c1cncc(Nc2ccc(C(F)(F)F)cc2)n1.Cc1cc(Nc2cncc(-c3c(C(F)(F)F)nc4ccccn34)n2)on1.Cc1csc(Nc2cncc(-c3c(C(F)(F)F)nc4ccccn34)n2)n1.Cc1nc2ncccc2n1-c1cncc(Nc2ccc(OC(F)(F)F)cc2)n1. The van der Waals surface area contributed by atoms with Crippen LogP contribution >= 0.6 is 11.3 Å². The van der Waals surface area contributed by atoms with E-state index in [-0.39, 0.29) is 45.6 Å². The Kier molecular flexibility index (Phi) is 26.5. The summed E-state index contributed by atoms with van der Waals surface area (Å²) >= 11 is 1.37. The molecule has 0 amide bonds. The van der Waals surface area contributed by atoms with Crippen LogP contribution < -0.4 is 31.3 Å². The normalized spacial score (nSPS) is 12.0. The molecular formula is C88H65F15N30O3S. The number of hydrogen-bond donors (Lipinski definition) is 6. The molecule has 0 aliphatic heterocycles. The number of rotatable bonds is 18. The summed E-state index contributed by atoms with van der Waals surface area (Å²) in [6.07, 6.45) is -0.704. The van der Waals surface area contributed by atoms with Crippen molar-refractivity contribution < 1.29 is 80.2 Å². The molecule has 20 rings (SSSR count). The number of benzene rings is 4. The smallest absolute Gasteiger partial charge is 0.406 e. The van der Waals surface area contributed by atoms with Crippen molar-refractivity contribution in [1.29, 1.82) is 0 Å². The van der Waals surface area contributed by atoms with Gasteiger partial charge in [0.15, 0.2) is 74.4 Å². The van der Waals surface area contributed by atoms with Crippen molar-refractivity contribution in [3.8, 4) is 46.0 Å². The number of halogens is 15. The van der Waals surface area contributed by atoms with Crippen LogP contribution in [0.25, 0.3) is 84.9 Å². The lowest BCUT2D eigenvalue weighted by Gasteiger charge is -2.12. The van der Waals surface area contributed by atoms with E-state index >= 15 is 0 Å². The average molecular weight is 1910 g/mol. The maximum atomic E-state index is 13.5. The van der Waals surface area contributed by atoms with E-state index in [2.05, 4.69) is 131 Å². The fourth-order valence-corrected chi connectivity index (χ4v) is 14.2. The fourth-order valence-electron chi connectivity index (χ4n) is 13.5. The van der Waals surface area contributed by atoms with E-state index in [1.807, 2.05) is 61.1 Å². The summed E-state index contributed by atoms with van der Waals surface area (Å²) in [6, 6.07) is 36.9. The molecule has 1 atom stereocenters. The topological polar surface area (TPSA) is 384 Å². The molecule has 0 bridgehead atoms. The molecule has 0 radical (unpaired) electrons. The van der Waals surface area contributed by atoms with Crippen LogP contribution in [0.15, 0.2) is 255 Å². The highest BCUT2D eigenvalue weighted by molar-refractivity contribution is 7.13. The summed E-state index contributed by atoms with van der Waals surface area (Å²) in [7, 11) is 0. The van der Waals surface area contributed by atoms with Gasteiger partial charge in [-0.3, -0.25) is 47.4 Å². The number of nitrogens with one attached hydrogen (secondary N) is 5. The molecule has 0 saturated carbocycles. The van der Waals surface area contributed by atoms with E-state index in [9.17, 15) is 71.0 Å². The maximum absolute atomic E-state index is 13.5. The van der Waals surface area contributed by atoms with Crippen molar-refractivity contribution >= 4 is 113 Å². The second-order valence-electron chi connectivity index (χ2n) is 29.1. The highest BCUT2D eigenvalue weighted by Crippen LogP contribution is 2.41. The van der Waals surface area contributed by atoms with Crippen molar-refractivity contribution in [3.05, 3.63) is 301 Å². The van der Waals surface area contributed by atoms with Crippen LogP contribution in [0.3, 0.4) is 0 Å². The van der Waals surface area contributed by atoms with E-state index in [4.69, 9.17) is 4.52 Å². The third kappa shape index (κ3) is 22.1. The first kappa shape index (κ1) is 93.1. The Hall–Kier alpha value is -17.2. The van der Waals surface area contributed by atoms with Crippen molar-refractivity contribution in [2.75, 3.05) is 26.6 Å². The van der Waals surface area contributed by atoms with Crippen LogP contribution in [0.2, 0.25) is 0 Å². The number of para-hydroxylation sites is 2. The highest BCUT2D eigenvalue weighted by Gasteiger charge is 2.41. The van der Waals surface area contributed by atoms with Gasteiger partial charge in [-0.15, -0.1) is 24.5 Å². The molecule has 20 aromatic rings. The summed E-state index contributed by atoms with van der Waals surface area (Å²) in [5, 5.41) is 31.0. The number of hydrogen-bond acceptors (Lipinski definition) is 29. The van der Waals surface area contributed by atoms with Gasteiger partial charge < -0.3 is 41.0 Å². The number of imidazole rings is 5. The van der Waals surface area contributed by atoms with Crippen LogP contribution in [0.5, 0.6) is 5.75 Å². The lowest BCUT2D eigenvalue weighted by Crippen LogP contribution is -2.16. The monoisotopic (exact) mass is 1910 g/mol. The molecule has 6 N–H and O–H groups in total. The molecule has 0 spiro atoms. The van der Waals surface area contributed by atoms with E-state index in [0.717, 1.165) is 46.8 Å². The zero-order chi connectivity index (χ0) is 96.7. The third-order valence-electron chi connectivity index (χ3n) is 19.2. The van der Waals surface area contributed by atoms with Crippen LogP contribution in [0, 0.1) is 20.8 Å². The second kappa shape index (κ2) is 39.0. The van der Waals surface area contributed by atoms with Crippen molar-refractivity contribution in [2.45, 2.75) is 78.2 Å². The van der Waals surface area contributed by atoms with Crippen LogP contribution in [-0.4, -0.2) is 134 Å². The van der Waals surface area contributed by atoms with Gasteiger partial charge >= 0.3 is 31.1 Å². The fraction of sp³-hybridized carbons (Fsp3) is 0.136. The van der Waals surface area contributed by atoms with Gasteiger partial charge in [0.05, 0.1) is 107 Å². The van der Waals surface area contributed by atoms with Crippen molar-refractivity contribution in [3.63, 3.8) is 0 Å². The lowest BCUT2D eigenvalue weighted by atomic mass is 10.2. The van der Waals surface area contributed by atoms with E-state index in [1.54, 1.807) is 84.2 Å². The summed E-state index contributed by atoms with van der Waals surface area (Å²) in [6.45, 7) is 8.99. The Morgan fingerprint density at radius 3 is 1.40 bits per heavy atom. The number of nitrogens with zero attached hydrogens (tertiary/aromatic N) is 25. The first-order valence-corrected chi connectivity index (χ1v) is 41.1. The predicted octanol–water partition coefficient (Wildman–Crippen LogP) is 20.9. The summed E-state index contributed by atoms with van der Waals surface area (Å²) in [4.78, 5) is 79.9. The largest absolute Gasteiger partial charge is 0.573 e. The molecule has 16 heterocycles. The van der Waals surface area contributed by atoms with E-state index in [0.29, 0.717) is 115 Å². The molecule has 696 valence electrons. The van der Waals surface area contributed by atoms with Gasteiger partial charge in [-0.25, -0.2) is 69.8 Å². The first-order chi connectivity index (χ1) is 65.5. The number of anilines is 10. The molecule has 0 saturated heterocycles. The summed E-state index contributed by atoms with van der Waals surface area (Å²) in [5.74, 6) is 5.01. The van der Waals surface area contributed by atoms with Gasteiger partial charge in [-0.2, -0.15) is 52.7 Å². The standard InChI is InChI=1S/C20H16F3N5O.C18H14F3N7.C18H13F3N6O.C16H11F3N6O.C16H11F3N6S/c1-12(29)19-26-15-4-2-3-5-16(15)28(19)18-11-24-10-17(27-18)25-14-8-6-13(7-9-14)20(21,22)23;1-2-15-27-17-13(7-23-10-24-17)28(15)16-9-22-8-14(26-16)25-12-5-3-11(4-6-12)18(19,20)21;1-11-24-17-14(3-2-8-23-17)27(11)16-10-22-9-15(26-16)25-12-4-6-13(7-5-12)28-18(19,20)21;1-9-6-13(26-24-9)22-11-8-20-7-10(21-11)14-15(16(17,18)19)23-12-4-2-3-5-25(12)14;1-9-8-26-15(21-9)23-11-7-20-6-10(22-11)13-14(16(17,18)19)24-12-4-2-3-5-25(12)13/h2-12,29H,1H3,(H,25,27);3-10H,2H2,1H3,(H,25,26);2-10H,1H3,(H,25,26);2-8H,1H3,(H,21,22);2-8H,1H3,(H,21,22,23)/t12-;;;;/m0..../s1. The number of thiazole rings is 1. The predicted molar refractivity (Wildman–Crippen MR) is 471 cm³/mol. The van der Waals surface area contributed by atoms with E-state index in [1.165, 1.54) is 149 Å². The number of aryl methyl sites for hydroxylation is 4. The van der Waals surface area contributed by atoms with Gasteiger partial charge in [-0.05, 0) is 149 Å². The molecule has 49 heteroatoms. The minimum Gasteiger partial charge on any atom is -0.406 e. The number of aliphatic hydroxyl groups excluding tert-OH is 1. The molecule has 16 aromatic heterocycles. The molecule has 0 fully saturated rings. The molecule has 33 nitrogen and oxygen atoms in total. The summed E-state index contributed by atoms with van der Waals surface area (Å²) in [5.41, 5.74) is 3.66. The number of aliphatic hydroxyl groups is 1. The minimum atomic E-state index is -4.73. The lowest BCUT2D eigenvalue weighted by molar-refractivity contribution is -0.274. The van der Waals surface area contributed by atoms with Crippen LogP contribution in [0.1, 0.15) is 71.3 Å². The molecule has 0 aliphatic carbocycles. The zero-order valence-corrected chi connectivity index (χ0v) is 71.8. The highest BCUT2D eigenvalue weighted by atomic mass is 32.1. The Balaban J connectivity index is 0.000000124. The molecular weight excluding hydrogens is 1840 g/mol. The van der Waals surface area contributed by atoms with Crippen molar-refractivity contribution in [2.24, 2.45) is 0 Å². The number of ether oxygens (including phenoxy) is 1. The van der Waals surface area contributed by atoms with Gasteiger partial charge in [-0.1, -0.05) is 36.3 Å². The maximum Gasteiger partial charge on any atom is 0.573 e. The Morgan fingerprint density at radius 1 is 0.431 bits per heavy atom. The Labute approximate surface area is 764 Å². The van der Waals surface area contributed by atoms with Crippen LogP contribution in [-0.2, 0) is 31.1 Å². The van der Waals surface area contributed by atoms with Gasteiger partial charge in [0, 0.05) is 53.5 Å². The van der Waals surface area contributed by atoms with Gasteiger partial charge in [0.2, 0.25) is 5.88 Å². The van der Waals surface area contributed by atoms with Crippen molar-refractivity contribution in [1.82, 2.24) is 122 Å². The minimum absolute atomic E-state index is 0.0252. The quantitative estimate of drug-likeness (QED) is 0.0435. The Bertz CT molecular complexity index is 7480. The molecule has 0 aliphatic rings. The number of pyridine rings is 3. The van der Waals surface area contributed by atoms with Gasteiger partial charge in [0.1, 0.15) is 75.2 Å². The number of alkyl halides is 15. The molecule has 4 aromatic carbocycles. The number of aromatic nitrogens is 25. The zero-order valence-electron chi connectivity index (χ0n) is 71.0.